The van der Waals surface area contributed by atoms with E-state index >= 15 is 0 Å². The average molecular weight is 255 g/mol. The van der Waals surface area contributed by atoms with E-state index in [9.17, 15) is 9.59 Å². The minimum absolute atomic E-state index is 0.0110. The van der Waals surface area contributed by atoms with Crippen molar-refractivity contribution in [3.8, 4) is 0 Å². The molecule has 1 saturated heterocycles. The lowest BCUT2D eigenvalue weighted by molar-refractivity contribution is -0.151. The van der Waals surface area contributed by atoms with Crippen LogP contribution >= 0.6 is 0 Å². The van der Waals surface area contributed by atoms with Crippen molar-refractivity contribution >= 4 is 11.8 Å². The highest BCUT2D eigenvalue weighted by Gasteiger charge is 2.39. The number of amides is 2. The van der Waals surface area contributed by atoms with Gasteiger partial charge in [-0.25, -0.2) is 0 Å². The molecule has 102 valence electrons. The van der Waals surface area contributed by atoms with Crippen LogP contribution in [0.3, 0.4) is 0 Å². The van der Waals surface area contributed by atoms with E-state index in [0.717, 1.165) is 19.3 Å². The fourth-order valence-corrected chi connectivity index (χ4v) is 2.76. The van der Waals surface area contributed by atoms with Gasteiger partial charge in [0.15, 0.2) is 0 Å². The highest BCUT2D eigenvalue weighted by Crippen LogP contribution is 2.27. The first-order chi connectivity index (χ1) is 8.65. The van der Waals surface area contributed by atoms with Gasteiger partial charge in [-0.2, -0.15) is 0 Å². The summed E-state index contributed by atoms with van der Waals surface area (Å²) in [6, 6.07) is -0.574. The molecule has 1 aliphatic carbocycles. The van der Waals surface area contributed by atoms with Crippen LogP contribution in [0.4, 0.5) is 0 Å². The smallest absolute Gasteiger partial charge is 0.244 e. The Labute approximate surface area is 107 Å². The van der Waals surface area contributed by atoms with E-state index in [-0.39, 0.29) is 30.4 Å². The fourth-order valence-electron chi connectivity index (χ4n) is 2.76. The number of morpholine rings is 1. The van der Waals surface area contributed by atoms with Crippen molar-refractivity contribution in [2.75, 3.05) is 26.8 Å². The van der Waals surface area contributed by atoms with Crippen molar-refractivity contribution in [2.24, 2.45) is 11.7 Å². The summed E-state index contributed by atoms with van der Waals surface area (Å²) >= 11 is 0. The lowest BCUT2D eigenvalue weighted by Gasteiger charge is -2.36. The molecule has 1 heterocycles. The standard InChI is InChI=1S/C12H21N3O3/c1-14-11(16)10-7-18-6-5-15(10)12(17)8-3-2-4-9(8)13/h8-10H,2-7,13H2,1H3,(H,14,16). The maximum Gasteiger partial charge on any atom is 0.244 e. The minimum Gasteiger partial charge on any atom is -0.377 e. The zero-order valence-corrected chi connectivity index (χ0v) is 10.7. The Morgan fingerprint density at radius 1 is 1.39 bits per heavy atom. The van der Waals surface area contributed by atoms with E-state index in [2.05, 4.69) is 5.32 Å². The Morgan fingerprint density at radius 2 is 2.17 bits per heavy atom. The van der Waals surface area contributed by atoms with E-state index < -0.39 is 6.04 Å². The van der Waals surface area contributed by atoms with Crippen molar-refractivity contribution in [3.05, 3.63) is 0 Å². The first kappa shape index (κ1) is 13.3. The second-order valence-corrected chi connectivity index (χ2v) is 4.94. The van der Waals surface area contributed by atoms with E-state index in [1.54, 1.807) is 11.9 Å². The molecular weight excluding hydrogens is 234 g/mol. The number of nitrogens with one attached hydrogen (secondary N) is 1. The number of hydrogen-bond acceptors (Lipinski definition) is 4. The quantitative estimate of drug-likeness (QED) is 0.669. The second kappa shape index (κ2) is 5.67. The van der Waals surface area contributed by atoms with Crippen LogP contribution in [-0.4, -0.2) is 55.6 Å². The Hall–Kier alpha value is -1.14. The van der Waals surface area contributed by atoms with Crippen LogP contribution in [0.1, 0.15) is 19.3 Å². The molecule has 0 radical (unpaired) electrons. The molecule has 0 aromatic rings. The van der Waals surface area contributed by atoms with E-state index in [4.69, 9.17) is 10.5 Å². The molecule has 0 spiro atoms. The highest BCUT2D eigenvalue weighted by molar-refractivity contribution is 5.89. The number of ether oxygens (including phenoxy) is 1. The molecule has 3 atom stereocenters. The van der Waals surface area contributed by atoms with Crippen LogP contribution in [0.5, 0.6) is 0 Å². The van der Waals surface area contributed by atoms with Crippen molar-refractivity contribution < 1.29 is 14.3 Å². The normalized spacial score (nSPS) is 32.3. The van der Waals surface area contributed by atoms with E-state index in [0.29, 0.717) is 13.2 Å². The molecule has 6 nitrogen and oxygen atoms in total. The molecule has 1 saturated carbocycles. The molecule has 2 amide bonds. The zero-order valence-electron chi connectivity index (χ0n) is 10.7. The van der Waals surface area contributed by atoms with E-state index in [1.807, 2.05) is 0 Å². The topological polar surface area (TPSA) is 84.7 Å². The maximum absolute atomic E-state index is 12.5. The summed E-state index contributed by atoms with van der Waals surface area (Å²) in [6.45, 7) is 1.23. The van der Waals surface area contributed by atoms with Crippen LogP contribution in [-0.2, 0) is 14.3 Å². The molecular formula is C12H21N3O3. The summed E-state index contributed by atoms with van der Waals surface area (Å²) < 4.78 is 5.29. The number of hydrogen-bond donors (Lipinski definition) is 2. The van der Waals surface area contributed by atoms with Gasteiger partial charge in [0.25, 0.3) is 0 Å². The molecule has 2 fully saturated rings. The summed E-state index contributed by atoms with van der Waals surface area (Å²) in [4.78, 5) is 25.9. The van der Waals surface area contributed by atoms with Crippen LogP contribution in [0.2, 0.25) is 0 Å². The number of rotatable bonds is 2. The van der Waals surface area contributed by atoms with Gasteiger partial charge in [-0.3, -0.25) is 9.59 Å². The van der Waals surface area contributed by atoms with Gasteiger partial charge in [-0.15, -0.1) is 0 Å². The van der Waals surface area contributed by atoms with Crippen LogP contribution in [0, 0.1) is 5.92 Å². The zero-order chi connectivity index (χ0) is 13.1. The van der Waals surface area contributed by atoms with Gasteiger partial charge in [0.2, 0.25) is 11.8 Å². The van der Waals surface area contributed by atoms with Crippen molar-refractivity contribution in [3.63, 3.8) is 0 Å². The van der Waals surface area contributed by atoms with Crippen molar-refractivity contribution in [1.29, 1.82) is 0 Å². The third-order valence-corrected chi connectivity index (χ3v) is 3.85. The number of nitrogens with zero attached hydrogens (tertiary/aromatic N) is 1. The third kappa shape index (κ3) is 2.49. The SMILES string of the molecule is CNC(=O)C1COCCN1C(=O)C1CCCC1N. The van der Waals surface area contributed by atoms with Gasteiger partial charge < -0.3 is 20.7 Å². The number of carbonyl (C=O) groups excluding carboxylic acids is 2. The van der Waals surface area contributed by atoms with Gasteiger partial charge in [0.1, 0.15) is 6.04 Å². The third-order valence-electron chi connectivity index (χ3n) is 3.85. The molecule has 6 heteroatoms. The number of likely N-dealkylation sites (N-methyl/N-ethyl adjacent to an activating group) is 1. The number of nitrogens with two attached hydrogens (primary N) is 1. The summed E-state index contributed by atoms with van der Waals surface area (Å²) in [6.07, 6.45) is 2.72. The average Bonchev–Trinajstić information content (AvgIpc) is 2.83. The lowest BCUT2D eigenvalue weighted by atomic mass is 10.0. The molecule has 2 aliphatic rings. The Kier molecular flexibility index (Phi) is 4.19. The Bertz CT molecular complexity index is 335. The van der Waals surface area contributed by atoms with Crippen LogP contribution < -0.4 is 11.1 Å². The second-order valence-electron chi connectivity index (χ2n) is 4.94. The molecule has 3 unspecified atom stereocenters. The molecule has 3 N–H and O–H groups in total. The van der Waals surface area contributed by atoms with Gasteiger partial charge in [0, 0.05) is 19.6 Å². The monoisotopic (exact) mass is 255 g/mol. The first-order valence-electron chi connectivity index (χ1n) is 6.50. The minimum atomic E-state index is -0.510. The molecule has 1 aliphatic heterocycles. The summed E-state index contributed by atoms with van der Waals surface area (Å²) in [5, 5.41) is 2.58. The number of carbonyl (C=O) groups is 2. The van der Waals surface area contributed by atoms with Crippen molar-refractivity contribution in [1.82, 2.24) is 10.2 Å². The predicted molar refractivity (Wildman–Crippen MR) is 65.7 cm³/mol. The van der Waals surface area contributed by atoms with Crippen LogP contribution in [0.15, 0.2) is 0 Å². The summed E-state index contributed by atoms with van der Waals surface area (Å²) in [5.74, 6) is -0.290. The van der Waals surface area contributed by atoms with Crippen LogP contribution in [0.25, 0.3) is 0 Å². The van der Waals surface area contributed by atoms with Gasteiger partial charge in [-0.1, -0.05) is 6.42 Å². The van der Waals surface area contributed by atoms with Gasteiger partial charge in [-0.05, 0) is 12.8 Å². The van der Waals surface area contributed by atoms with Gasteiger partial charge >= 0.3 is 0 Å². The largest absolute Gasteiger partial charge is 0.377 e. The van der Waals surface area contributed by atoms with Crippen molar-refractivity contribution in [2.45, 2.75) is 31.3 Å². The molecule has 2 rings (SSSR count). The first-order valence-corrected chi connectivity index (χ1v) is 6.50. The highest BCUT2D eigenvalue weighted by atomic mass is 16.5. The lowest BCUT2D eigenvalue weighted by Crippen LogP contribution is -2.57. The Balaban J connectivity index is 2.08. The molecule has 18 heavy (non-hydrogen) atoms. The molecule has 0 bridgehead atoms. The summed E-state index contributed by atoms with van der Waals surface area (Å²) in [5.41, 5.74) is 5.96. The van der Waals surface area contributed by atoms with Gasteiger partial charge in [0.05, 0.1) is 19.1 Å². The fraction of sp³-hybridized carbons (Fsp3) is 0.833. The maximum atomic E-state index is 12.5. The Morgan fingerprint density at radius 3 is 2.78 bits per heavy atom. The van der Waals surface area contributed by atoms with E-state index in [1.165, 1.54) is 0 Å². The predicted octanol–water partition coefficient (Wildman–Crippen LogP) is -0.913. The molecule has 0 aromatic carbocycles. The summed E-state index contributed by atoms with van der Waals surface area (Å²) in [7, 11) is 1.57. The molecule has 0 aromatic heterocycles.